The van der Waals surface area contributed by atoms with Gasteiger partial charge in [0.05, 0.1) is 6.20 Å². The molecule has 4 rings (SSSR count). The number of nitrogens with zero attached hydrogens (tertiary/aromatic N) is 7. The molecule has 0 atom stereocenters. The summed E-state index contributed by atoms with van der Waals surface area (Å²) in [5.74, 6) is 0.440. The molecule has 0 radical (unpaired) electrons. The lowest BCUT2D eigenvalue weighted by molar-refractivity contribution is 0.0946. The highest BCUT2D eigenvalue weighted by Gasteiger charge is 2.12. The van der Waals surface area contributed by atoms with Gasteiger partial charge in [-0.25, -0.2) is 19.6 Å². The number of pyridine rings is 1. The van der Waals surface area contributed by atoms with Crippen LogP contribution in [-0.2, 0) is 13.6 Å². The summed E-state index contributed by atoms with van der Waals surface area (Å²) in [6.45, 7) is 0.364. The summed E-state index contributed by atoms with van der Waals surface area (Å²) in [6.07, 6.45) is 8.31. The molecule has 0 spiro atoms. The number of carbonyl (C=O) groups is 1. The molecule has 10 heteroatoms. The van der Waals surface area contributed by atoms with Crippen LogP contribution in [0.4, 0.5) is 0 Å². The third-order valence-electron chi connectivity index (χ3n) is 3.60. The lowest BCUT2D eigenvalue weighted by Crippen LogP contribution is -2.23. The van der Waals surface area contributed by atoms with Crippen LogP contribution in [0.25, 0.3) is 16.4 Å². The maximum Gasteiger partial charge on any atom is 0.271 e. The Bertz CT molecular complexity index is 1020. The molecule has 0 aliphatic rings. The van der Waals surface area contributed by atoms with Crippen LogP contribution in [-0.4, -0.2) is 40.4 Å². The molecule has 4 heterocycles. The quantitative estimate of drug-likeness (QED) is 0.573. The van der Waals surface area contributed by atoms with Crippen molar-refractivity contribution in [3.8, 4) is 16.4 Å². The van der Waals surface area contributed by atoms with Gasteiger partial charge in [0.1, 0.15) is 23.4 Å². The molecule has 0 aliphatic carbocycles. The van der Waals surface area contributed by atoms with Gasteiger partial charge < -0.3 is 5.32 Å². The summed E-state index contributed by atoms with van der Waals surface area (Å²) in [4.78, 5) is 24.9. The predicted molar refractivity (Wildman–Crippen MR) is 94.6 cm³/mol. The second kappa shape index (κ2) is 6.84. The Hall–Kier alpha value is -3.40. The van der Waals surface area contributed by atoms with Crippen molar-refractivity contribution in [3.63, 3.8) is 0 Å². The SMILES string of the molecule is Cn1cc(-c2nc(C(=O)NCc3ccc(-n4cncn4)nc3)cs2)cn1. The normalized spacial score (nSPS) is 10.8. The van der Waals surface area contributed by atoms with E-state index in [4.69, 9.17) is 0 Å². The zero-order valence-electron chi connectivity index (χ0n) is 13.8. The smallest absolute Gasteiger partial charge is 0.271 e. The lowest BCUT2D eigenvalue weighted by Gasteiger charge is -2.04. The molecular weight excluding hydrogens is 352 g/mol. The molecule has 26 heavy (non-hydrogen) atoms. The molecular formula is C16H14N8OS. The van der Waals surface area contributed by atoms with Crippen molar-refractivity contribution in [3.05, 3.63) is 60.0 Å². The number of amides is 1. The number of nitrogens with one attached hydrogen (secondary N) is 1. The lowest BCUT2D eigenvalue weighted by atomic mass is 10.2. The maximum absolute atomic E-state index is 12.3. The first-order valence-electron chi connectivity index (χ1n) is 7.72. The van der Waals surface area contributed by atoms with Gasteiger partial charge in [-0.2, -0.15) is 10.2 Å². The molecule has 0 saturated carbocycles. The number of hydrogen-bond acceptors (Lipinski definition) is 7. The van der Waals surface area contributed by atoms with Crippen LogP contribution in [0.3, 0.4) is 0 Å². The molecule has 9 nitrogen and oxygen atoms in total. The van der Waals surface area contributed by atoms with Crippen molar-refractivity contribution in [2.45, 2.75) is 6.54 Å². The van der Waals surface area contributed by atoms with Gasteiger partial charge in [-0.1, -0.05) is 6.07 Å². The average molecular weight is 366 g/mol. The fourth-order valence-corrected chi connectivity index (χ4v) is 3.07. The van der Waals surface area contributed by atoms with Crippen molar-refractivity contribution in [2.24, 2.45) is 7.05 Å². The van der Waals surface area contributed by atoms with Crippen LogP contribution in [0, 0.1) is 0 Å². The minimum absolute atomic E-state index is 0.225. The van der Waals surface area contributed by atoms with E-state index in [1.54, 1.807) is 33.5 Å². The van der Waals surface area contributed by atoms with Crippen molar-refractivity contribution in [1.82, 2.24) is 39.8 Å². The summed E-state index contributed by atoms with van der Waals surface area (Å²) < 4.78 is 3.27. The van der Waals surface area contributed by atoms with Crippen LogP contribution >= 0.6 is 11.3 Å². The molecule has 0 unspecified atom stereocenters. The van der Waals surface area contributed by atoms with Crippen molar-refractivity contribution >= 4 is 17.2 Å². The van der Waals surface area contributed by atoms with Gasteiger partial charge in [0, 0.05) is 36.9 Å². The van der Waals surface area contributed by atoms with Crippen LogP contribution in [0.1, 0.15) is 16.1 Å². The molecule has 0 fully saturated rings. The second-order valence-electron chi connectivity index (χ2n) is 5.49. The minimum atomic E-state index is -0.225. The largest absolute Gasteiger partial charge is 0.347 e. The van der Waals surface area contributed by atoms with Gasteiger partial charge in [-0.15, -0.1) is 11.3 Å². The van der Waals surface area contributed by atoms with Gasteiger partial charge in [0.15, 0.2) is 5.82 Å². The molecule has 0 aromatic carbocycles. The number of aryl methyl sites for hydroxylation is 1. The summed E-state index contributed by atoms with van der Waals surface area (Å²) >= 11 is 1.41. The molecule has 1 amide bonds. The van der Waals surface area contributed by atoms with Gasteiger partial charge in [-0.05, 0) is 11.6 Å². The fourth-order valence-electron chi connectivity index (χ4n) is 2.30. The van der Waals surface area contributed by atoms with E-state index >= 15 is 0 Å². The van der Waals surface area contributed by atoms with Crippen molar-refractivity contribution in [1.29, 1.82) is 0 Å². The van der Waals surface area contributed by atoms with Crippen LogP contribution in [0.2, 0.25) is 0 Å². The molecule has 0 aliphatic heterocycles. The first-order valence-corrected chi connectivity index (χ1v) is 8.60. The first-order chi connectivity index (χ1) is 12.7. The number of thiazole rings is 1. The van der Waals surface area contributed by atoms with Crippen LogP contribution in [0.15, 0.2) is 48.8 Å². The highest BCUT2D eigenvalue weighted by Crippen LogP contribution is 2.22. The number of carbonyl (C=O) groups excluding carboxylic acids is 1. The Morgan fingerprint density at radius 3 is 2.88 bits per heavy atom. The van der Waals surface area contributed by atoms with E-state index < -0.39 is 0 Å². The van der Waals surface area contributed by atoms with Gasteiger partial charge in [0.2, 0.25) is 0 Å². The Labute approximate surface area is 152 Å². The standard InChI is InChI=1S/C16H14N8OS/c1-23-7-12(6-20-23)16-22-13(8-26-16)15(25)19-5-11-2-3-14(18-4-11)24-10-17-9-21-24/h2-4,6-10H,5H2,1H3,(H,19,25). The number of hydrogen-bond donors (Lipinski definition) is 1. The zero-order valence-corrected chi connectivity index (χ0v) is 14.6. The monoisotopic (exact) mass is 366 g/mol. The molecule has 1 N–H and O–H groups in total. The van der Waals surface area contributed by atoms with Gasteiger partial charge >= 0.3 is 0 Å². The minimum Gasteiger partial charge on any atom is -0.347 e. The van der Waals surface area contributed by atoms with Crippen molar-refractivity contribution in [2.75, 3.05) is 0 Å². The van der Waals surface area contributed by atoms with E-state index in [0.717, 1.165) is 16.1 Å². The first kappa shape index (κ1) is 16.1. The summed E-state index contributed by atoms with van der Waals surface area (Å²) in [7, 11) is 1.84. The number of rotatable bonds is 5. The van der Waals surface area contributed by atoms with Gasteiger partial charge in [0.25, 0.3) is 5.91 Å². The van der Waals surface area contributed by atoms with E-state index in [9.17, 15) is 4.79 Å². The van der Waals surface area contributed by atoms with E-state index in [2.05, 4.69) is 30.5 Å². The third-order valence-corrected chi connectivity index (χ3v) is 4.50. The highest BCUT2D eigenvalue weighted by molar-refractivity contribution is 7.13. The molecule has 4 aromatic rings. The topological polar surface area (TPSA) is 103 Å². The molecule has 130 valence electrons. The van der Waals surface area contributed by atoms with E-state index in [0.29, 0.717) is 18.1 Å². The Morgan fingerprint density at radius 2 is 2.19 bits per heavy atom. The maximum atomic E-state index is 12.3. The highest BCUT2D eigenvalue weighted by atomic mass is 32.1. The van der Waals surface area contributed by atoms with E-state index in [1.807, 2.05) is 25.4 Å². The van der Waals surface area contributed by atoms with Gasteiger partial charge in [-0.3, -0.25) is 9.48 Å². The zero-order chi connectivity index (χ0) is 17.9. The summed E-state index contributed by atoms with van der Waals surface area (Å²) in [5, 5.41) is 13.5. The Morgan fingerprint density at radius 1 is 1.27 bits per heavy atom. The molecule has 4 aromatic heterocycles. The fraction of sp³-hybridized carbons (Fsp3) is 0.125. The summed E-state index contributed by atoms with van der Waals surface area (Å²) in [5.41, 5.74) is 2.16. The number of aromatic nitrogens is 7. The summed E-state index contributed by atoms with van der Waals surface area (Å²) in [6, 6.07) is 3.70. The van der Waals surface area contributed by atoms with Crippen LogP contribution < -0.4 is 5.32 Å². The Balaban J connectivity index is 1.39. The molecule has 0 saturated heterocycles. The van der Waals surface area contributed by atoms with E-state index in [-0.39, 0.29) is 5.91 Å². The predicted octanol–water partition coefficient (Wildman–Crippen LogP) is 1.45. The van der Waals surface area contributed by atoms with Crippen LogP contribution in [0.5, 0.6) is 0 Å². The van der Waals surface area contributed by atoms with Crippen molar-refractivity contribution < 1.29 is 4.79 Å². The second-order valence-corrected chi connectivity index (χ2v) is 6.35. The Kier molecular flexibility index (Phi) is 4.23. The molecule has 0 bridgehead atoms. The average Bonchev–Trinajstić information content (AvgIpc) is 3.41. The third kappa shape index (κ3) is 3.35. The van der Waals surface area contributed by atoms with E-state index in [1.165, 1.54) is 17.7 Å².